The summed E-state index contributed by atoms with van der Waals surface area (Å²) in [6.07, 6.45) is -3.21. The minimum Gasteiger partial charge on any atom is -0.507 e. The van der Waals surface area contributed by atoms with Crippen LogP contribution in [0.4, 0.5) is 0 Å². The number of rotatable bonds is 2. The fraction of sp³-hybridized carbons (Fsp3) is 0.440. The van der Waals surface area contributed by atoms with Crippen molar-refractivity contribution in [1.29, 1.82) is 0 Å². The number of nitrogens with two attached hydrogens (primary N) is 1. The summed E-state index contributed by atoms with van der Waals surface area (Å²) in [4.78, 5) is 26.5. The van der Waals surface area contributed by atoms with E-state index in [-0.39, 0.29) is 52.6 Å². The maximum Gasteiger partial charge on any atom is 0.198 e. The molecule has 1 heterocycles. The topological polar surface area (TPSA) is 160 Å². The number of ether oxygens (including phenoxy) is 2. The zero-order valence-electron chi connectivity index (χ0n) is 18.8. The average molecular weight is 469 g/mol. The zero-order valence-corrected chi connectivity index (χ0v) is 18.8. The molecule has 1 fully saturated rings. The highest BCUT2D eigenvalue weighted by Gasteiger charge is 2.45. The summed E-state index contributed by atoms with van der Waals surface area (Å²) in [5.41, 5.74) is 4.55. The van der Waals surface area contributed by atoms with Gasteiger partial charge in [-0.15, -0.1) is 0 Å². The van der Waals surface area contributed by atoms with Crippen LogP contribution in [-0.2, 0) is 15.9 Å². The third-order valence-electron chi connectivity index (χ3n) is 7.07. The molecule has 3 aliphatic rings. The first-order valence-corrected chi connectivity index (χ1v) is 11.3. The van der Waals surface area contributed by atoms with Crippen molar-refractivity contribution in [3.63, 3.8) is 0 Å². The molecule has 6 atom stereocenters. The smallest absolute Gasteiger partial charge is 0.198 e. The van der Waals surface area contributed by atoms with E-state index in [1.807, 2.05) is 0 Å². The highest BCUT2D eigenvalue weighted by atomic mass is 16.7. The van der Waals surface area contributed by atoms with E-state index >= 15 is 0 Å². The van der Waals surface area contributed by atoms with E-state index < -0.39 is 59.3 Å². The van der Waals surface area contributed by atoms with Crippen LogP contribution in [-0.4, -0.2) is 62.1 Å². The number of hydrogen-bond acceptors (Lipinski definition) is 9. The zero-order chi connectivity index (χ0) is 24.5. The Hall–Kier alpha value is -2.82. The first kappa shape index (κ1) is 22.9. The summed E-state index contributed by atoms with van der Waals surface area (Å²) in [5, 5.41) is 43.6. The molecule has 9 heteroatoms. The van der Waals surface area contributed by atoms with Gasteiger partial charge in [0.2, 0.25) is 0 Å². The molecule has 2 aromatic carbocycles. The number of carbonyl (C=O) groups excluding carboxylic acids is 2. The highest BCUT2D eigenvalue weighted by molar-refractivity contribution is 6.30. The van der Waals surface area contributed by atoms with Gasteiger partial charge in [0.25, 0.3) is 0 Å². The Morgan fingerprint density at radius 2 is 1.68 bits per heavy atom. The number of hydrogen-bond donors (Lipinski definition) is 5. The number of ketones is 2. The van der Waals surface area contributed by atoms with Crippen molar-refractivity contribution in [2.75, 3.05) is 0 Å². The summed E-state index contributed by atoms with van der Waals surface area (Å²) < 4.78 is 11.8. The molecule has 0 saturated carbocycles. The van der Waals surface area contributed by atoms with Gasteiger partial charge >= 0.3 is 0 Å². The van der Waals surface area contributed by atoms with Crippen molar-refractivity contribution in [3.05, 3.63) is 57.6 Å². The van der Waals surface area contributed by atoms with E-state index in [2.05, 4.69) is 0 Å². The van der Waals surface area contributed by atoms with E-state index in [0.717, 1.165) is 0 Å². The van der Waals surface area contributed by atoms with E-state index in [1.165, 1.54) is 12.1 Å². The molecule has 0 aromatic heterocycles. The van der Waals surface area contributed by atoms with Gasteiger partial charge in [0, 0.05) is 41.5 Å². The van der Waals surface area contributed by atoms with Crippen LogP contribution >= 0.6 is 0 Å². The monoisotopic (exact) mass is 469 g/mol. The summed E-state index contributed by atoms with van der Waals surface area (Å²) in [5.74, 6) is -2.08. The van der Waals surface area contributed by atoms with Gasteiger partial charge in [-0.25, -0.2) is 0 Å². The Morgan fingerprint density at radius 1 is 1.09 bits per heavy atom. The van der Waals surface area contributed by atoms with Crippen molar-refractivity contribution in [2.45, 2.75) is 69.4 Å². The normalized spacial score (nSPS) is 32.7. The molecule has 0 unspecified atom stereocenters. The van der Waals surface area contributed by atoms with Crippen molar-refractivity contribution >= 4 is 11.6 Å². The second-order valence-corrected chi connectivity index (χ2v) is 9.70. The summed E-state index contributed by atoms with van der Waals surface area (Å²) >= 11 is 0. The number of aliphatic hydroxyl groups excluding tert-OH is 1. The Morgan fingerprint density at radius 3 is 2.26 bits per heavy atom. The number of aliphatic hydroxyl groups is 2. The van der Waals surface area contributed by atoms with E-state index in [4.69, 9.17) is 15.2 Å². The Kier molecular flexibility index (Phi) is 5.30. The third-order valence-corrected chi connectivity index (χ3v) is 7.07. The number of carbonyl (C=O) groups is 2. The molecule has 0 spiro atoms. The predicted octanol–water partition coefficient (Wildman–Crippen LogP) is 1.45. The molecule has 34 heavy (non-hydrogen) atoms. The first-order valence-electron chi connectivity index (χ1n) is 11.3. The van der Waals surface area contributed by atoms with E-state index in [1.54, 1.807) is 26.0 Å². The van der Waals surface area contributed by atoms with E-state index in [9.17, 15) is 30.0 Å². The van der Waals surface area contributed by atoms with Gasteiger partial charge in [0.05, 0.1) is 41.1 Å². The quantitative estimate of drug-likeness (QED) is 0.350. The van der Waals surface area contributed by atoms with Gasteiger partial charge < -0.3 is 35.6 Å². The lowest BCUT2D eigenvalue weighted by Crippen LogP contribution is -2.53. The minimum absolute atomic E-state index is 0.0287. The van der Waals surface area contributed by atoms with E-state index in [0.29, 0.717) is 0 Å². The molecule has 9 nitrogen and oxygen atoms in total. The average Bonchev–Trinajstić information content (AvgIpc) is 2.77. The molecule has 5 rings (SSSR count). The van der Waals surface area contributed by atoms with Gasteiger partial charge in [-0.1, -0.05) is 24.3 Å². The molecule has 1 aliphatic heterocycles. The Balaban J connectivity index is 1.63. The van der Waals surface area contributed by atoms with Crippen molar-refractivity contribution < 1.29 is 39.5 Å². The predicted molar refractivity (Wildman–Crippen MR) is 119 cm³/mol. The maximum absolute atomic E-state index is 13.3. The van der Waals surface area contributed by atoms with Crippen LogP contribution in [0, 0.1) is 0 Å². The lowest BCUT2D eigenvalue weighted by molar-refractivity contribution is -0.243. The number of benzene rings is 2. The van der Waals surface area contributed by atoms with Crippen LogP contribution < -0.4 is 5.73 Å². The van der Waals surface area contributed by atoms with Crippen molar-refractivity contribution in [2.24, 2.45) is 5.73 Å². The van der Waals surface area contributed by atoms with Gasteiger partial charge in [-0.05, 0) is 13.8 Å². The van der Waals surface area contributed by atoms with Crippen LogP contribution in [0.3, 0.4) is 0 Å². The van der Waals surface area contributed by atoms with Gasteiger partial charge in [-0.2, -0.15) is 0 Å². The molecular weight excluding hydrogens is 442 g/mol. The molecule has 2 aliphatic carbocycles. The van der Waals surface area contributed by atoms with Crippen molar-refractivity contribution in [1.82, 2.24) is 0 Å². The summed E-state index contributed by atoms with van der Waals surface area (Å²) in [6.45, 7) is 3.26. The first-order chi connectivity index (χ1) is 16.0. The molecule has 180 valence electrons. The Bertz CT molecular complexity index is 1190. The third kappa shape index (κ3) is 3.43. The number of phenolic OH excluding ortho intramolecular Hbond substituents is 2. The summed E-state index contributed by atoms with van der Waals surface area (Å²) in [6, 6.07) is 5.63. The van der Waals surface area contributed by atoms with Crippen LogP contribution in [0.25, 0.3) is 0 Å². The second-order valence-electron chi connectivity index (χ2n) is 9.70. The molecule has 1 saturated heterocycles. The van der Waals surface area contributed by atoms with Crippen LogP contribution in [0.2, 0.25) is 0 Å². The van der Waals surface area contributed by atoms with Gasteiger partial charge in [0.1, 0.15) is 11.5 Å². The molecule has 0 amide bonds. The van der Waals surface area contributed by atoms with Crippen LogP contribution in [0.5, 0.6) is 11.5 Å². The van der Waals surface area contributed by atoms with Crippen molar-refractivity contribution in [3.8, 4) is 11.5 Å². The SMILES string of the molecule is C[C@@H]1O[C@@H](O[C@H]2C[C@@](C)(O)Cc3c(O)c4c(c(O)c32)C(=O)c2ccccc2C4=O)C[C@H](O)[C@@H]1N. The largest absolute Gasteiger partial charge is 0.507 e. The molecule has 0 bridgehead atoms. The fourth-order valence-corrected chi connectivity index (χ4v) is 5.30. The lowest BCUT2D eigenvalue weighted by atomic mass is 9.73. The lowest BCUT2D eigenvalue weighted by Gasteiger charge is -2.41. The summed E-state index contributed by atoms with van der Waals surface area (Å²) in [7, 11) is 0. The highest BCUT2D eigenvalue weighted by Crippen LogP contribution is 2.51. The molecular formula is C25H27NO8. The minimum atomic E-state index is -1.34. The van der Waals surface area contributed by atoms with Gasteiger partial charge in [-0.3, -0.25) is 9.59 Å². The fourth-order valence-electron chi connectivity index (χ4n) is 5.30. The van der Waals surface area contributed by atoms with Crippen LogP contribution in [0.15, 0.2) is 24.3 Å². The molecule has 0 radical (unpaired) electrons. The number of fused-ring (bicyclic) bond motifs is 3. The maximum atomic E-state index is 13.3. The molecule has 6 N–H and O–H groups in total. The number of aromatic hydroxyl groups is 2. The van der Waals surface area contributed by atoms with Gasteiger partial charge in [0.15, 0.2) is 17.9 Å². The standard InChI is InChI=1S/C25H27NO8/c1-10-20(26)14(27)7-16(33-10)34-15-9-25(2,32)8-13-17(15)24(31)19-18(23(13)30)21(28)11-5-3-4-6-12(11)22(19)29/h3-6,10,14-16,20,27,30-32H,7-9,26H2,1-2H3/t10-,14-,15-,16-,20+,25-/m0/s1. The second kappa shape index (κ2) is 7.86. The van der Waals surface area contributed by atoms with Crippen LogP contribution in [0.1, 0.15) is 75.8 Å². The molecule has 2 aromatic rings. The Labute approximate surface area is 195 Å². The number of phenols is 2.